The molecule has 4 nitrogen and oxygen atoms in total. The minimum Gasteiger partial charge on any atom is -0.445 e. The number of nitrogens with zero attached hydrogens (tertiary/aromatic N) is 1. The van der Waals surface area contributed by atoms with Gasteiger partial charge in [0.25, 0.3) is 0 Å². The summed E-state index contributed by atoms with van der Waals surface area (Å²) in [6.07, 6.45) is 1.67. The largest absolute Gasteiger partial charge is 0.445 e. The molecule has 0 saturated heterocycles. The van der Waals surface area contributed by atoms with Crippen LogP contribution in [0.25, 0.3) is 0 Å². The highest BCUT2D eigenvalue weighted by molar-refractivity contribution is 4.91. The second-order valence-electron chi connectivity index (χ2n) is 1.87. The van der Waals surface area contributed by atoms with Gasteiger partial charge in [-0.05, 0) is 0 Å². The van der Waals surface area contributed by atoms with Crippen LogP contribution < -0.4 is 5.48 Å². The monoisotopic (exact) mass is 142 g/mol. The van der Waals surface area contributed by atoms with E-state index in [0.717, 1.165) is 5.76 Å². The average molecular weight is 142 g/mol. The van der Waals surface area contributed by atoms with Crippen molar-refractivity contribution < 1.29 is 9.25 Å². The molecule has 1 aromatic heterocycles. The Balaban J connectivity index is 2.42. The zero-order valence-corrected chi connectivity index (χ0v) is 6.05. The molecule has 0 aliphatic heterocycles. The van der Waals surface area contributed by atoms with E-state index in [9.17, 15) is 0 Å². The van der Waals surface area contributed by atoms with Gasteiger partial charge in [-0.1, -0.05) is 0 Å². The minimum absolute atomic E-state index is 0.553. The first-order valence-electron chi connectivity index (χ1n) is 3.00. The van der Waals surface area contributed by atoms with Crippen LogP contribution in [0.2, 0.25) is 0 Å². The van der Waals surface area contributed by atoms with Gasteiger partial charge < -0.3 is 9.25 Å². The fourth-order valence-corrected chi connectivity index (χ4v) is 0.630. The Labute approximate surface area is 59.2 Å². The van der Waals surface area contributed by atoms with Crippen LogP contribution in [0.4, 0.5) is 0 Å². The number of oxazole rings is 1. The van der Waals surface area contributed by atoms with Crippen molar-refractivity contribution >= 4 is 0 Å². The van der Waals surface area contributed by atoms with E-state index in [2.05, 4.69) is 15.3 Å². The second kappa shape index (κ2) is 3.34. The summed E-state index contributed by atoms with van der Waals surface area (Å²) < 4.78 is 5.13. The van der Waals surface area contributed by atoms with E-state index >= 15 is 0 Å². The van der Waals surface area contributed by atoms with Crippen LogP contribution in [-0.2, 0) is 11.4 Å². The van der Waals surface area contributed by atoms with Crippen molar-refractivity contribution in [1.29, 1.82) is 0 Å². The van der Waals surface area contributed by atoms with Gasteiger partial charge in [0.15, 0.2) is 5.89 Å². The highest BCUT2D eigenvalue weighted by Crippen LogP contribution is 2.00. The Kier molecular flexibility index (Phi) is 2.42. The van der Waals surface area contributed by atoms with Crippen LogP contribution in [0, 0.1) is 6.92 Å². The molecule has 0 spiro atoms. The lowest BCUT2D eigenvalue weighted by molar-refractivity contribution is 0.0816. The summed E-state index contributed by atoms with van der Waals surface area (Å²) in [5, 5.41) is 0. The maximum atomic E-state index is 5.13. The SMILES string of the molecule is CONCc1cnc(C)o1. The van der Waals surface area contributed by atoms with Gasteiger partial charge in [-0.15, -0.1) is 0 Å². The fraction of sp³-hybridized carbons (Fsp3) is 0.500. The zero-order valence-electron chi connectivity index (χ0n) is 6.05. The van der Waals surface area contributed by atoms with Crippen LogP contribution in [-0.4, -0.2) is 12.1 Å². The summed E-state index contributed by atoms with van der Waals surface area (Å²) in [6, 6.07) is 0. The maximum absolute atomic E-state index is 5.13. The molecule has 0 unspecified atom stereocenters. The van der Waals surface area contributed by atoms with Crippen molar-refractivity contribution in [3.63, 3.8) is 0 Å². The number of rotatable bonds is 3. The smallest absolute Gasteiger partial charge is 0.191 e. The summed E-state index contributed by atoms with van der Waals surface area (Å²) in [6.45, 7) is 2.35. The molecule has 56 valence electrons. The van der Waals surface area contributed by atoms with Crippen LogP contribution in [0.3, 0.4) is 0 Å². The van der Waals surface area contributed by atoms with Gasteiger partial charge in [0.05, 0.1) is 19.9 Å². The third kappa shape index (κ3) is 1.82. The molecule has 0 aromatic carbocycles. The fourth-order valence-electron chi connectivity index (χ4n) is 0.630. The summed E-state index contributed by atoms with van der Waals surface area (Å²) in [4.78, 5) is 8.52. The first-order chi connectivity index (χ1) is 4.83. The van der Waals surface area contributed by atoms with E-state index < -0.39 is 0 Å². The Morgan fingerprint density at radius 2 is 2.60 bits per heavy atom. The normalized spacial score (nSPS) is 10.2. The van der Waals surface area contributed by atoms with E-state index in [4.69, 9.17) is 4.42 Å². The molecule has 1 rings (SSSR count). The molecule has 0 saturated carbocycles. The predicted octanol–water partition coefficient (Wildman–Crippen LogP) is 0.634. The molecule has 0 bridgehead atoms. The highest BCUT2D eigenvalue weighted by Gasteiger charge is 1.96. The predicted molar refractivity (Wildman–Crippen MR) is 35.1 cm³/mol. The summed E-state index contributed by atoms with van der Waals surface area (Å²) in [5.41, 5.74) is 2.64. The van der Waals surface area contributed by atoms with Crippen molar-refractivity contribution in [3.05, 3.63) is 17.8 Å². The first kappa shape index (κ1) is 7.24. The van der Waals surface area contributed by atoms with Gasteiger partial charge in [-0.2, -0.15) is 5.48 Å². The number of hydrogen-bond acceptors (Lipinski definition) is 4. The molecular formula is C6H10N2O2. The van der Waals surface area contributed by atoms with E-state index in [1.807, 2.05) is 0 Å². The van der Waals surface area contributed by atoms with Crippen LogP contribution in [0.15, 0.2) is 10.6 Å². The van der Waals surface area contributed by atoms with Crippen LogP contribution in [0.5, 0.6) is 0 Å². The standard InChI is InChI=1S/C6H10N2O2/c1-5-7-3-6(10-5)4-8-9-2/h3,8H,4H2,1-2H3. The molecule has 1 aromatic rings. The zero-order chi connectivity index (χ0) is 7.40. The lowest BCUT2D eigenvalue weighted by Crippen LogP contribution is -2.09. The average Bonchev–Trinajstić information content (AvgIpc) is 2.31. The van der Waals surface area contributed by atoms with Gasteiger partial charge in [0.2, 0.25) is 0 Å². The number of hydrogen-bond donors (Lipinski definition) is 1. The van der Waals surface area contributed by atoms with Crippen LogP contribution in [0.1, 0.15) is 11.7 Å². The molecule has 10 heavy (non-hydrogen) atoms. The molecule has 4 heteroatoms. The van der Waals surface area contributed by atoms with Crippen LogP contribution >= 0.6 is 0 Å². The third-order valence-electron chi connectivity index (χ3n) is 1.06. The lowest BCUT2D eigenvalue weighted by atomic mass is 10.5. The molecular weight excluding hydrogens is 132 g/mol. The Morgan fingerprint density at radius 1 is 1.80 bits per heavy atom. The Hall–Kier alpha value is -0.870. The Morgan fingerprint density at radius 3 is 3.10 bits per heavy atom. The molecule has 1 heterocycles. The lowest BCUT2D eigenvalue weighted by Gasteiger charge is -1.94. The number of aryl methyl sites for hydroxylation is 1. The highest BCUT2D eigenvalue weighted by atomic mass is 16.6. The third-order valence-corrected chi connectivity index (χ3v) is 1.06. The summed E-state index contributed by atoms with van der Waals surface area (Å²) in [5.74, 6) is 1.45. The van der Waals surface area contributed by atoms with Crippen molar-refractivity contribution in [1.82, 2.24) is 10.5 Å². The molecule has 0 amide bonds. The minimum atomic E-state index is 0.553. The number of hydroxylamine groups is 1. The van der Waals surface area contributed by atoms with Gasteiger partial charge in [-0.3, -0.25) is 0 Å². The number of aromatic nitrogens is 1. The maximum Gasteiger partial charge on any atom is 0.191 e. The van der Waals surface area contributed by atoms with Crippen molar-refractivity contribution in [2.24, 2.45) is 0 Å². The molecule has 0 atom stereocenters. The van der Waals surface area contributed by atoms with Crippen molar-refractivity contribution in [2.75, 3.05) is 7.11 Å². The van der Waals surface area contributed by atoms with E-state index in [1.165, 1.54) is 0 Å². The topological polar surface area (TPSA) is 47.3 Å². The van der Waals surface area contributed by atoms with Gasteiger partial charge in [0, 0.05) is 6.92 Å². The Bertz CT molecular complexity index is 197. The molecule has 0 radical (unpaired) electrons. The molecule has 0 fully saturated rings. The van der Waals surface area contributed by atoms with Crippen molar-refractivity contribution in [3.8, 4) is 0 Å². The van der Waals surface area contributed by atoms with Gasteiger partial charge in [0.1, 0.15) is 5.76 Å². The van der Waals surface area contributed by atoms with E-state index in [1.54, 1.807) is 20.2 Å². The van der Waals surface area contributed by atoms with E-state index in [-0.39, 0.29) is 0 Å². The molecule has 1 N–H and O–H groups in total. The summed E-state index contributed by atoms with van der Waals surface area (Å²) in [7, 11) is 1.56. The summed E-state index contributed by atoms with van der Waals surface area (Å²) >= 11 is 0. The quantitative estimate of drug-likeness (QED) is 0.629. The second-order valence-corrected chi connectivity index (χ2v) is 1.87. The number of nitrogens with one attached hydrogen (secondary N) is 1. The molecule has 0 aliphatic rings. The molecule has 0 aliphatic carbocycles. The van der Waals surface area contributed by atoms with E-state index in [0.29, 0.717) is 12.4 Å². The van der Waals surface area contributed by atoms with Crippen molar-refractivity contribution in [2.45, 2.75) is 13.5 Å². The first-order valence-corrected chi connectivity index (χ1v) is 3.00. The van der Waals surface area contributed by atoms with Gasteiger partial charge in [-0.25, -0.2) is 4.98 Å². The van der Waals surface area contributed by atoms with Gasteiger partial charge >= 0.3 is 0 Å².